The number of halogens is 2. The molecule has 6 heteroatoms. The van der Waals surface area contributed by atoms with Gasteiger partial charge in [0.25, 0.3) is 0 Å². The monoisotopic (exact) mass is 445 g/mol. The summed E-state index contributed by atoms with van der Waals surface area (Å²) in [6.07, 6.45) is 7.28. The van der Waals surface area contributed by atoms with Crippen LogP contribution in [0.3, 0.4) is 0 Å². The lowest BCUT2D eigenvalue weighted by molar-refractivity contribution is 0.103. The summed E-state index contributed by atoms with van der Waals surface area (Å²) >= 11 is 12.4. The lowest BCUT2D eigenvalue weighted by Crippen LogP contribution is -2.03. The number of fused-ring (bicyclic) bond motifs is 1. The van der Waals surface area contributed by atoms with E-state index in [0.29, 0.717) is 27.7 Å². The van der Waals surface area contributed by atoms with Crippen LogP contribution in [0.15, 0.2) is 85.6 Å². The molecule has 0 aliphatic rings. The van der Waals surface area contributed by atoms with Crippen LogP contribution in [0.25, 0.3) is 21.9 Å². The van der Waals surface area contributed by atoms with Crippen molar-refractivity contribution >= 4 is 39.8 Å². The molecule has 152 valence electrons. The van der Waals surface area contributed by atoms with E-state index in [1.807, 2.05) is 41.2 Å². The van der Waals surface area contributed by atoms with Crippen molar-refractivity contribution in [3.8, 4) is 11.1 Å². The van der Waals surface area contributed by atoms with E-state index in [4.69, 9.17) is 23.2 Å². The first-order chi connectivity index (χ1) is 15.1. The van der Waals surface area contributed by atoms with E-state index in [9.17, 15) is 4.79 Å². The van der Waals surface area contributed by atoms with E-state index in [2.05, 4.69) is 28.2 Å². The quantitative estimate of drug-likeness (QED) is 0.309. The van der Waals surface area contributed by atoms with Crippen LogP contribution >= 0.6 is 23.2 Å². The SMILES string of the molecule is O=C(c1ccc(Cl)cc1Cl)c1cn(Cc2cnc[nH]2)cc1-c1cccc2ccccc12. The molecule has 3 aromatic carbocycles. The van der Waals surface area contributed by atoms with Crippen molar-refractivity contribution in [3.05, 3.63) is 112 Å². The Hall–Kier alpha value is -3.34. The second-order valence-electron chi connectivity index (χ2n) is 7.31. The minimum atomic E-state index is -0.145. The fourth-order valence-corrected chi connectivity index (χ4v) is 4.34. The number of rotatable bonds is 5. The van der Waals surface area contributed by atoms with Crippen molar-refractivity contribution in [1.82, 2.24) is 14.5 Å². The highest BCUT2D eigenvalue weighted by atomic mass is 35.5. The molecule has 0 bridgehead atoms. The Bertz CT molecular complexity index is 1400. The molecule has 0 radical (unpaired) electrons. The molecule has 2 aromatic heterocycles. The molecule has 5 rings (SSSR count). The lowest BCUT2D eigenvalue weighted by atomic mass is 9.94. The molecule has 4 nitrogen and oxygen atoms in total. The molecular weight excluding hydrogens is 429 g/mol. The highest BCUT2D eigenvalue weighted by Crippen LogP contribution is 2.34. The first kappa shape index (κ1) is 19.6. The number of carbonyl (C=O) groups excluding carboxylic acids is 1. The second-order valence-corrected chi connectivity index (χ2v) is 8.16. The van der Waals surface area contributed by atoms with E-state index in [1.54, 1.807) is 30.7 Å². The molecule has 0 unspecified atom stereocenters. The average Bonchev–Trinajstić information content (AvgIpc) is 3.43. The minimum absolute atomic E-state index is 0.145. The summed E-state index contributed by atoms with van der Waals surface area (Å²) in [5.74, 6) is -0.145. The molecule has 0 amide bonds. The molecule has 2 heterocycles. The predicted molar refractivity (Wildman–Crippen MR) is 125 cm³/mol. The molecule has 0 atom stereocenters. The number of nitrogens with one attached hydrogen (secondary N) is 1. The van der Waals surface area contributed by atoms with Crippen LogP contribution in [0.1, 0.15) is 21.6 Å². The van der Waals surface area contributed by atoms with Crippen molar-refractivity contribution in [2.45, 2.75) is 6.54 Å². The second kappa shape index (κ2) is 8.06. The van der Waals surface area contributed by atoms with Gasteiger partial charge in [-0.3, -0.25) is 4.79 Å². The molecule has 0 aliphatic carbocycles. The van der Waals surface area contributed by atoms with Crippen LogP contribution < -0.4 is 0 Å². The van der Waals surface area contributed by atoms with Gasteiger partial charge in [0.2, 0.25) is 0 Å². The van der Waals surface area contributed by atoms with Crippen LogP contribution in [0, 0.1) is 0 Å². The summed E-state index contributed by atoms with van der Waals surface area (Å²) < 4.78 is 1.99. The zero-order valence-electron chi connectivity index (χ0n) is 16.3. The molecule has 0 saturated heterocycles. The molecule has 0 fully saturated rings. The maximum absolute atomic E-state index is 13.6. The van der Waals surface area contributed by atoms with Crippen molar-refractivity contribution < 1.29 is 4.79 Å². The summed E-state index contributed by atoms with van der Waals surface area (Å²) in [5, 5.41) is 3.03. The Labute approximate surface area is 189 Å². The van der Waals surface area contributed by atoms with Gasteiger partial charge in [0.15, 0.2) is 5.78 Å². The Morgan fingerprint density at radius 1 is 0.935 bits per heavy atom. The third-order valence-electron chi connectivity index (χ3n) is 5.29. The van der Waals surface area contributed by atoms with E-state index in [0.717, 1.165) is 27.6 Å². The van der Waals surface area contributed by atoms with Gasteiger partial charge in [-0.25, -0.2) is 4.98 Å². The number of carbonyl (C=O) groups is 1. The summed E-state index contributed by atoms with van der Waals surface area (Å²) in [7, 11) is 0. The van der Waals surface area contributed by atoms with E-state index in [1.165, 1.54) is 0 Å². The number of H-pyrrole nitrogens is 1. The van der Waals surface area contributed by atoms with Gasteiger partial charge < -0.3 is 9.55 Å². The van der Waals surface area contributed by atoms with Crippen molar-refractivity contribution in [1.29, 1.82) is 0 Å². The molecule has 1 N–H and O–H groups in total. The smallest absolute Gasteiger partial charge is 0.196 e. The van der Waals surface area contributed by atoms with Crippen LogP contribution in [-0.2, 0) is 6.54 Å². The van der Waals surface area contributed by atoms with Gasteiger partial charge in [0, 0.05) is 40.3 Å². The molecular formula is C25H17Cl2N3O. The van der Waals surface area contributed by atoms with Gasteiger partial charge in [-0.1, -0.05) is 65.7 Å². The number of hydrogen-bond donors (Lipinski definition) is 1. The van der Waals surface area contributed by atoms with Crippen LogP contribution in [0.4, 0.5) is 0 Å². The number of aromatic amines is 1. The zero-order valence-corrected chi connectivity index (χ0v) is 17.9. The lowest BCUT2D eigenvalue weighted by Gasteiger charge is -2.09. The maximum atomic E-state index is 13.6. The fraction of sp³-hybridized carbons (Fsp3) is 0.0400. The number of hydrogen-bond acceptors (Lipinski definition) is 2. The standard InChI is InChI=1S/C25H17Cl2N3O/c26-17-8-9-21(24(27)10-17)25(31)23-14-30(12-18-11-28-15-29-18)13-22(23)20-7-3-5-16-4-1-2-6-19(16)20/h1-11,13-15H,12H2,(H,28,29). The van der Waals surface area contributed by atoms with Gasteiger partial charge >= 0.3 is 0 Å². The summed E-state index contributed by atoms with van der Waals surface area (Å²) in [4.78, 5) is 20.8. The highest BCUT2D eigenvalue weighted by molar-refractivity contribution is 6.37. The van der Waals surface area contributed by atoms with Crippen LogP contribution in [0.5, 0.6) is 0 Å². The summed E-state index contributed by atoms with van der Waals surface area (Å²) in [6.45, 7) is 0.569. The van der Waals surface area contributed by atoms with Crippen molar-refractivity contribution in [3.63, 3.8) is 0 Å². The van der Waals surface area contributed by atoms with Gasteiger partial charge in [-0.05, 0) is 34.5 Å². The van der Waals surface area contributed by atoms with Gasteiger partial charge in [-0.2, -0.15) is 0 Å². The van der Waals surface area contributed by atoms with E-state index < -0.39 is 0 Å². The first-order valence-corrected chi connectivity index (χ1v) is 10.5. The third kappa shape index (κ3) is 3.76. The number of benzene rings is 3. The number of imidazole rings is 1. The maximum Gasteiger partial charge on any atom is 0.196 e. The van der Waals surface area contributed by atoms with E-state index in [-0.39, 0.29) is 5.78 Å². The van der Waals surface area contributed by atoms with Crippen molar-refractivity contribution in [2.75, 3.05) is 0 Å². The third-order valence-corrected chi connectivity index (χ3v) is 5.84. The fourth-order valence-electron chi connectivity index (χ4n) is 3.84. The molecule has 31 heavy (non-hydrogen) atoms. The predicted octanol–water partition coefficient (Wildman–Crippen LogP) is 6.62. The normalized spacial score (nSPS) is 11.2. The van der Waals surface area contributed by atoms with Gasteiger partial charge in [0.1, 0.15) is 0 Å². The van der Waals surface area contributed by atoms with E-state index >= 15 is 0 Å². The topological polar surface area (TPSA) is 50.7 Å². The molecule has 0 saturated carbocycles. The average molecular weight is 446 g/mol. The van der Waals surface area contributed by atoms with Crippen molar-refractivity contribution in [2.24, 2.45) is 0 Å². The number of nitrogens with zero attached hydrogens (tertiary/aromatic N) is 2. The first-order valence-electron chi connectivity index (χ1n) is 9.75. The Balaban J connectivity index is 1.69. The largest absolute Gasteiger partial charge is 0.347 e. The minimum Gasteiger partial charge on any atom is -0.347 e. The Morgan fingerprint density at radius 2 is 1.77 bits per heavy atom. The molecule has 0 aliphatic heterocycles. The number of ketones is 1. The van der Waals surface area contributed by atoms with Crippen LogP contribution in [-0.4, -0.2) is 20.3 Å². The molecule has 5 aromatic rings. The Morgan fingerprint density at radius 3 is 2.58 bits per heavy atom. The highest BCUT2D eigenvalue weighted by Gasteiger charge is 2.21. The van der Waals surface area contributed by atoms with Gasteiger partial charge in [-0.15, -0.1) is 0 Å². The number of aromatic nitrogens is 3. The summed E-state index contributed by atoms with van der Waals surface area (Å²) in [5.41, 5.74) is 3.80. The zero-order chi connectivity index (χ0) is 21.4. The Kier molecular flexibility index (Phi) is 5.10. The van der Waals surface area contributed by atoms with Crippen LogP contribution in [0.2, 0.25) is 10.0 Å². The van der Waals surface area contributed by atoms with Gasteiger partial charge in [0.05, 0.1) is 23.6 Å². The summed E-state index contributed by atoms with van der Waals surface area (Å²) in [6, 6.07) is 19.2. The molecule has 0 spiro atoms.